The van der Waals surface area contributed by atoms with E-state index in [2.05, 4.69) is 74.4 Å². The van der Waals surface area contributed by atoms with E-state index in [4.69, 9.17) is 48.3 Å². The first-order valence-electron chi connectivity index (χ1n) is 39.2. The molecule has 0 spiro atoms. The minimum Gasteiger partial charge on any atom is -0.507 e. The zero-order valence-corrected chi connectivity index (χ0v) is 67.6. The molecule has 113 heavy (non-hydrogen) atoms. The van der Waals surface area contributed by atoms with Crippen LogP contribution in [0, 0.1) is 16.7 Å². The number of nitriles is 1. The van der Waals surface area contributed by atoms with Gasteiger partial charge in [0.05, 0.1) is 88.8 Å². The number of ether oxygens (including phenoxy) is 1. The number of hydrogen-bond acceptors (Lipinski definition) is 20. The van der Waals surface area contributed by atoms with Gasteiger partial charge in [0.25, 0.3) is 20.3 Å². The second kappa shape index (κ2) is 57.6. The van der Waals surface area contributed by atoms with Crippen molar-refractivity contribution in [3.05, 3.63) is 188 Å². The maximum Gasteiger partial charge on any atom is 0.343 e. The SMILES string of the molecule is C.C.C.C.CC(CC(c1ccccc1)c1c(OC(=O)C(C)(C)C)c2ccccc2oc1=O)=NOCCCCCCOP(OCCC#N)N(C(C)C)C(C)C.CCCCCCCON.CCCCCCCON1C(=O)c2ccccc2C1=O.CCCCCCCON=C(C)CC(c1ccccc1)c1c(O)c2ccccc2oc1=O. The summed E-state index contributed by atoms with van der Waals surface area (Å²) in [4.78, 5) is 84.5. The van der Waals surface area contributed by atoms with Crippen molar-refractivity contribution < 1.29 is 61.5 Å². The van der Waals surface area contributed by atoms with Crippen LogP contribution in [0.25, 0.3) is 21.9 Å². The Balaban J connectivity index is 0.000000857. The van der Waals surface area contributed by atoms with Gasteiger partial charge in [-0.15, -0.1) is 5.06 Å². The summed E-state index contributed by atoms with van der Waals surface area (Å²) in [7, 11) is -1.23. The molecule has 3 atom stereocenters. The van der Waals surface area contributed by atoms with E-state index < -0.39 is 37.1 Å². The average molecular weight is 1590 g/mol. The van der Waals surface area contributed by atoms with Crippen LogP contribution in [0.15, 0.2) is 162 Å². The number of oxime groups is 2. The second-order valence-corrected chi connectivity index (χ2v) is 30.2. The van der Waals surface area contributed by atoms with Gasteiger partial charge in [-0.3, -0.25) is 19.2 Å². The zero-order chi connectivity index (χ0) is 79.4. The number of nitrogens with zero attached hydrogens (tertiary/aromatic N) is 5. The van der Waals surface area contributed by atoms with Crippen molar-refractivity contribution in [2.75, 3.05) is 39.6 Å². The van der Waals surface area contributed by atoms with E-state index in [1.807, 2.05) is 86.6 Å². The quantitative estimate of drug-likeness (QED) is 0.00683. The number of imide groups is 1. The summed E-state index contributed by atoms with van der Waals surface area (Å²) in [6.07, 6.45) is 22.4. The Morgan fingerprint density at radius 2 is 0.920 bits per heavy atom. The molecule has 0 saturated carbocycles. The summed E-state index contributed by atoms with van der Waals surface area (Å²) < 4.78 is 31.6. The molecule has 0 radical (unpaired) electrons. The molecule has 0 saturated heterocycles. The highest BCUT2D eigenvalue weighted by Crippen LogP contribution is 2.46. The van der Waals surface area contributed by atoms with Gasteiger partial charge in [0.2, 0.25) is 0 Å². The lowest BCUT2D eigenvalue weighted by Gasteiger charge is -2.35. The van der Waals surface area contributed by atoms with Crippen LogP contribution in [0.5, 0.6) is 11.5 Å². The maximum absolute atomic E-state index is 13.6. The van der Waals surface area contributed by atoms with Crippen LogP contribution >= 0.6 is 8.53 Å². The number of hydroxylamine groups is 2. The largest absolute Gasteiger partial charge is 0.507 e. The number of fused-ring (bicyclic) bond motifs is 3. The topological polar surface area (TPSA) is 277 Å². The number of amides is 2. The van der Waals surface area contributed by atoms with Crippen molar-refractivity contribution in [2.24, 2.45) is 21.6 Å². The van der Waals surface area contributed by atoms with Crippen LogP contribution in [0.3, 0.4) is 0 Å². The molecule has 8 rings (SSSR count). The molecular weight excluding hydrogens is 1450 g/mol. The van der Waals surface area contributed by atoms with Crippen LogP contribution in [-0.2, 0) is 33.2 Å². The normalized spacial score (nSPS) is 12.6. The van der Waals surface area contributed by atoms with Gasteiger partial charge in [0, 0.05) is 36.8 Å². The number of hydrogen-bond donors (Lipinski definition) is 2. The van der Waals surface area contributed by atoms with Gasteiger partial charge in [-0.25, -0.2) is 20.2 Å². The number of carbonyl (C=O) groups is 3. The summed E-state index contributed by atoms with van der Waals surface area (Å²) in [5, 5.41) is 30.5. The number of benzene rings is 5. The molecule has 21 nitrogen and oxygen atoms in total. The predicted octanol–water partition coefficient (Wildman–Crippen LogP) is 23.5. The molecule has 626 valence electrons. The molecule has 3 heterocycles. The van der Waals surface area contributed by atoms with Gasteiger partial charge in [-0.2, -0.15) is 5.26 Å². The first-order valence-corrected chi connectivity index (χ1v) is 40.3. The minimum absolute atomic E-state index is 0. The molecule has 1 aliphatic heterocycles. The first kappa shape index (κ1) is 103. The van der Waals surface area contributed by atoms with Crippen LogP contribution < -0.4 is 21.9 Å². The van der Waals surface area contributed by atoms with Gasteiger partial charge < -0.3 is 42.2 Å². The van der Waals surface area contributed by atoms with Crippen LogP contribution in [0.1, 0.15) is 309 Å². The standard InChI is InChI=1S/C39H54N3O7P.C26H31NO4.C15H19NO3.C7H17NO.4CH4/c1-28(2)42(29(3)4)50(47-26-18-23-40)46-25-17-10-9-16-24-45-41-30(5)27-33(31-19-12-11-13-20-31)35-36(49-38(44)39(6,7)8)32-21-14-15-22-34(32)48-37(35)43;1-3-4-5-6-12-17-30-27-19(2)18-22(20-13-8-7-9-14-20)24-25(28)21-15-10-11-16-23(21)31-26(24)29;1-2-3-4-5-8-11-19-16-14(17)12-9-6-7-10-13(12)15(16)18;1-2-3-4-5-6-7-9-8;;;;/h11-15,19-22,28-29,33H,9-10,16-18,24-27H2,1-8H3;7-11,13-16,22,28H,3-6,12,17-18H2,1-2H3;6-7,9-10H,2-5,8,11H2,1H3;2-8H2,1H3;4*1H4. The lowest BCUT2D eigenvalue weighted by molar-refractivity contribution is -0.143. The number of esters is 1. The molecule has 1 aliphatic rings. The summed E-state index contributed by atoms with van der Waals surface area (Å²) in [6, 6.07) is 42.8. The van der Waals surface area contributed by atoms with Crippen LogP contribution in [0.2, 0.25) is 0 Å². The summed E-state index contributed by atoms with van der Waals surface area (Å²) >= 11 is 0. The molecule has 5 aromatic carbocycles. The molecule has 2 amide bonds. The molecule has 7 aromatic rings. The van der Waals surface area contributed by atoms with E-state index >= 15 is 0 Å². The highest BCUT2D eigenvalue weighted by Gasteiger charge is 2.37. The van der Waals surface area contributed by atoms with E-state index in [0.717, 1.165) is 79.7 Å². The van der Waals surface area contributed by atoms with Crippen molar-refractivity contribution in [2.45, 2.75) is 278 Å². The van der Waals surface area contributed by atoms with E-state index in [1.54, 1.807) is 81.4 Å². The van der Waals surface area contributed by atoms with E-state index in [1.165, 1.54) is 64.2 Å². The number of unbranched alkanes of at least 4 members (excludes halogenated alkanes) is 15. The number of carbonyl (C=O) groups excluding carboxylic acids is 3. The minimum atomic E-state index is -1.23. The number of aromatic hydroxyl groups is 1. The molecular formula is C91H137N6O15P. The van der Waals surface area contributed by atoms with Gasteiger partial charge >= 0.3 is 17.2 Å². The van der Waals surface area contributed by atoms with Crippen molar-refractivity contribution in [1.29, 1.82) is 5.26 Å². The Morgan fingerprint density at radius 1 is 0.531 bits per heavy atom. The molecule has 3 unspecified atom stereocenters. The molecule has 3 N–H and O–H groups in total. The summed E-state index contributed by atoms with van der Waals surface area (Å²) in [6.45, 7) is 27.3. The molecule has 0 fully saturated rings. The average Bonchev–Trinajstić information content (AvgIpc) is 1.24. The molecule has 2 aromatic heterocycles. The molecule has 0 bridgehead atoms. The fourth-order valence-electron chi connectivity index (χ4n) is 12.2. The molecule has 22 heteroatoms. The van der Waals surface area contributed by atoms with E-state index in [-0.39, 0.29) is 82.1 Å². The number of nitrogens with two attached hydrogens (primary N) is 1. The van der Waals surface area contributed by atoms with Gasteiger partial charge in [0.1, 0.15) is 30.1 Å². The molecule has 0 aliphatic carbocycles. The fourth-order valence-corrected chi connectivity index (χ4v) is 13.8. The van der Waals surface area contributed by atoms with Crippen molar-refractivity contribution in [3.8, 4) is 17.6 Å². The Kier molecular flexibility index (Phi) is 52.2. The Bertz CT molecular complexity index is 3990. The third kappa shape index (κ3) is 35.0. The third-order valence-electron chi connectivity index (χ3n) is 17.9. The zero-order valence-electron chi connectivity index (χ0n) is 66.7. The van der Waals surface area contributed by atoms with E-state index in [9.17, 15) is 29.1 Å². The number of rotatable bonds is 44. The fraction of sp³-hybridized carbons (Fsp3) is 0.538. The summed E-state index contributed by atoms with van der Waals surface area (Å²) in [5.41, 5.74) is 3.45. The highest BCUT2D eigenvalue weighted by atomic mass is 31.2. The van der Waals surface area contributed by atoms with Gasteiger partial charge in [-0.1, -0.05) is 235 Å². The monoisotopic (exact) mass is 1580 g/mol. The summed E-state index contributed by atoms with van der Waals surface area (Å²) in [5.74, 6) is 2.98. The van der Waals surface area contributed by atoms with Crippen LogP contribution in [-0.4, -0.2) is 95.8 Å². The highest BCUT2D eigenvalue weighted by molar-refractivity contribution is 7.44. The third-order valence-corrected chi connectivity index (χ3v) is 20.0. The van der Waals surface area contributed by atoms with Crippen molar-refractivity contribution in [3.63, 3.8) is 0 Å². The van der Waals surface area contributed by atoms with Gasteiger partial charge in [0.15, 0.2) is 5.75 Å². The predicted molar refractivity (Wildman–Crippen MR) is 462 cm³/mol. The van der Waals surface area contributed by atoms with E-state index in [0.29, 0.717) is 97.7 Å². The van der Waals surface area contributed by atoms with Gasteiger partial charge in [-0.05, 0) is 155 Å². The van der Waals surface area contributed by atoms with Crippen molar-refractivity contribution >= 4 is 59.7 Å². The smallest absolute Gasteiger partial charge is 0.343 e. The number of para-hydroxylation sites is 2. The van der Waals surface area contributed by atoms with Crippen molar-refractivity contribution in [1.82, 2.24) is 9.73 Å². The second-order valence-electron chi connectivity index (χ2n) is 28.8. The first-order chi connectivity index (χ1) is 52.6. The van der Waals surface area contributed by atoms with Crippen LogP contribution in [0.4, 0.5) is 0 Å². The Morgan fingerprint density at radius 3 is 1.37 bits per heavy atom. The lowest BCUT2D eigenvalue weighted by atomic mass is 9.86. The Labute approximate surface area is 677 Å². The Hall–Kier alpha value is -8.45. The maximum atomic E-state index is 13.6. The lowest BCUT2D eigenvalue weighted by Crippen LogP contribution is -2.33.